The number of rotatable bonds is 5. The number of alkyl halides is 1. The van der Waals surface area contributed by atoms with E-state index in [2.05, 4.69) is 43.5 Å². The minimum Gasteiger partial charge on any atom is -0.383 e. The fraction of sp³-hybridized carbons (Fsp3) is 0.533. The lowest BCUT2D eigenvalue weighted by Gasteiger charge is -2.24. The Kier molecular flexibility index (Phi) is 4.48. The van der Waals surface area contributed by atoms with E-state index in [4.69, 9.17) is 21.3 Å². The zero-order chi connectivity index (χ0) is 14.0. The highest BCUT2D eigenvalue weighted by atomic mass is 35.5. The van der Waals surface area contributed by atoms with Crippen LogP contribution >= 0.6 is 11.6 Å². The second-order valence-electron chi connectivity index (χ2n) is 5.24. The third kappa shape index (κ3) is 2.63. The molecule has 1 atom stereocenters. The topological polar surface area (TPSA) is 27.1 Å². The third-order valence-electron chi connectivity index (χ3n) is 3.55. The first-order chi connectivity index (χ1) is 9.10. The van der Waals surface area contributed by atoms with Gasteiger partial charge in [0, 0.05) is 7.11 Å². The van der Waals surface area contributed by atoms with Crippen molar-refractivity contribution in [3.8, 4) is 0 Å². The Balaban J connectivity index is 2.65. The summed E-state index contributed by atoms with van der Waals surface area (Å²) in [5.41, 5.74) is 3.37. The molecule has 0 saturated carbocycles. The number of hydrogen-bond donors (Lipinski definition) is 0. The lowest BCUT2D eigenvalue weighted by Crippen LogP contribution is -2.22. The van der Waals surface area contributed by atoms with Crippen molar-refractivity contribution in [3.63, 3.8) is 0 Å². The van der Waals surface area contributed by atoms with Crippen LogP contribution in [0, 0.1) is 12.8 Å². The minimum absolute atomic E-state index is 0.255. The summed E-state index contributed by atoms with van der Waals surface area (Å²) in [6.45, 7) is 7.14. The monoisotopic (exact) mass is 280 g/mol. The van der Waals surface area contributed by atoms with Crippen molar-refractivity contribution in [1.82, 2.24) is 9.55 Å². The molecule has 1 heterocycles. The van der Waals surface area contributed by atoms with Gasteiger partial charge in [0.25, 0.3) is 0 Å². The summed E-state index contributed by atoms with van der Waals surface area (Å²) in [4.78, 5) is 4.69. The first kappa shape index (κ1) is 14.4. The van der Waals surface area contributed by atoms with Crippen LogP contribution in [0.1, 0.15) is 31.3 Å². The van der Waals surface area contributed by atoms with Crippen LogP contribution in [-0.4, -0.2) is 23.3 Å². The Morgan fingerprint density at radius 3 is 2.68 bits per heavy atom. The number of aryl methyl sites for hydroxylation is 1. The van der Waals surface area contributed by atoms with Gasteiger partial charge in [0.15, 0.2) is 0 Å². The molecule has 19 heavy (non-hydrogen) atoms. The number of benzene rings is 1. The van der Waals surface area contributed by atoms with Crippen LogP contribution in [0.3, 0.4) is 0 Å². The smallest absolute Gasteiger partial charge is 0.125 e. The molecule has 0 aliphatic heterocycles. The molecule has 0 spiro atoms. The molecular formula is C15H21ClN2O. The van der Waals surface area contributed by atoms with Crippen molar-refractivity contribution in [2.45, 2.75) is 32.7 Å². The number of methoxy groups -OCH3 is 1. The summed E-state index contributed by atoms with van der Waals surface area (Å²) in [7, 11) is 1.74. The van der Waals surface area contributed by atoms with Crippen molar-refractivity contribution in [2.24, 2.45) is 5.92 Å². The Hall–Kier alpha value is -1.06. The fourth-order valence-electron chi connectivity index (χ4n) is 2.51. The molecule has 0 aliphatic rings. The van der Waals surface area contributed by atoms with E-state index in [1.165, 1.54) is 5.56 Å². The molecule has 1 aromatic carbocycles. The molecule has 0 saturated heterocycles. The summed E-state index contributed by atoms with van der Waals surface area (Å²) in [5.74, 6) is 1.79. The summed E-state index contributed by atoms with van der Waals surface area (Å²) in [5, 5.41) is 0. The normalized spacial score (nSPS) is 13.4. The molecule has 1 aromatic heterocycles. The van der Waals surface area contributed by atoms with Crippen molar-refractivity contribution in [3.05, 3.63) is 29.6 Å². The maximum atomic E-state index is 6.08. The molecule has 104 valence electrons. The number of fused-ring (bicyclic) bond motifs is 1. The molecule has 0 bridgehead atoms. The van der Waals surface area contributed by atoms with Gasteiger partial charge < -0.3 is 9.30 Å². The molecule has 0 radical (unpaired) electrons. The van der Waals surface area contributed by atoms with Crippen LogP contribution in [0.25, 0.3) is 11.0 Å². The molecule has 1 unspecified atom stereocenters. The van der Waals surface area contributed by atoms with Crippen molar-refractivity contribution >= 4 is 22.6 Å². The molecule has 4 heteroatoms. The maximum Gasteiger partial charge on any atom is 0.125 e. The third-order valence-corrected chi connectivity index (χ3v) is 3.79. The number of nitrogens with zero attached hydrogens (tertiary/aromatic N) is 2. The first-order valence-corrected chi connectivity index (χ1v) is 7.15. The number of imidazole rings is 1. The van der Waals surface area contributed by atoms with Crippen LogP contribution in [0.15, 0.2) is 18.2 Å². The molecular weight excluding hydrogens is 260 g/mol. The van der Waals surface area contributed by atoms with Gasteiger partial charge >= 0.3 is 0 Å². The van der Waals surface area contributed by atoms with E-state index in [1.807, 2.05) is 0 Å². The van der Waals surface area contributed by atoms with Crippen LogP contribution in [0.5, 0.6) is 0 Å². The van der Waals surface area contributed by atoms with E-state index in [-0.39, 0.29) is 6.04 Å². The predicted octanol–water partition coefficient (Wildman–Crippen LogP) is 3.93. The van der Waals surface area contributed by atoms with Gasteiger partial charge in [0.2, 0.25) is 0 Å². The SMILES string of the molecule is COCC(C(C)C)n1c(CCl)nc2c(C)cccc21. The quantitative estimate of drug-likeness (QED) is 0.776. The second-order valence-corrected chi connectivity index (χ2v) is 5.51. The van der Waals surface area contributed by atoms with Crippen molar-refractivity contribution in [1.29, 1.82) is 0 Å². The summed E-state index contributed by atoms with van der Waals surface area (Å²) in [6.07, 6.45) is 0. The highest BCUT2D eigenvalue weighted by Gasteiger charge is 2.22. The zero-order valence-electron chi connectivity index (χ0n) is 12.0. The standard InChI is InChI=1S/C15H21ClN2O/c1-10(2)13(9-19-4)18-12-7-5-6-11(3)15(12)17-14(18)8-16/h5-7,10,13H,8-9H2,1-4H3. The van der Waals surface area contributed by atoms with Gasteiger partial charge in [-0.1, -0.05) is 26.0 Å². The van der Waals surface area contributed by atoms with Crippen LogP contribution in [0.4, 0.5) is 0 Å². The molecule has 0 N–H and O–H groups in total. The van der Waals surface area contributed by atoms with Crippen molar-refractivity contribution in [2.75, 3.05) is 13.7 Å². The lowest BCUT2D eigenvalue weighted by molar-refractivity contribution is 0.134. The molecule has 3 nitrogen and oxygen atoms in total. The highest BCUT2D eigenvalue weighted by molar-refractivity contribution is 6.16. The minimum atomic E-state index is 0.255. The van der Waals surface area contributed by atoms with Gasteiger partial charge in [0.05, 0.1) is 29.6 Å². The van der Waals surface area contributed by atoms with Gasteiger partial charge in [-0.05, 0) is 24.5 Å². The van der Waals surface area contributed by atoms with Gasteiger partial charge in [-0.3, -0.25) is 0 Å². The van der Waals surface area contributed by atoms with Crippen LogP contribution in [-0.2, 0) is 10.6 Å². The van der Waals surface area contributed by atoms with Gasteiger partial charge in [-0.2, -0.15) is 0 Å². The van der Waals surface area contributed by atoms with Gasteiger partial charge in [-0.25, -0.2) is 4.98 Å². The molecule has 0 amide bonds. The average Bonchev–Trinajstić information content (AvgIpc) is 2.75. The Bertz CT molecular complexity index is 563. The summed E-state index contributed by atoms with van der Waals surface area (Å²) in [6, 6.07) is 6.51. The molecule has 2 rings (SSSR count). The largest absolute Gasteiger partial charge is 0.383 e. The van der Waals surface area contributed by atoms with Gasteiger partial charge in [0.1, 0.15) is 5.82 Å². The van der Waals surface area contributed by atoms with E-state index >= 15 is 0 Å². The number of hydrogen-bond acceptors (Lipinski definition) is 2. The van der Waals surface area contributed by atoms with E-state index in [1.54, 1.807) is 7.11 Å². The molecule has 0 aliphatic carbocycles. The van der Waals surface area contributed by atoms with Crippen LogP contribution < -0.4 is 0 Å². The van der Waals surface area contributed by atoms with Crippen molar-refractivity contribution < 1.29 is 4.74 Å². The number of para-hydroxylation sites is 1. The highest BCUT2D eigenvalue weighted by Crippen LogP contribution is 2.28. The number of aromatic nitrogens is 2. The molecule has 0 fully saturated rings. The average molecular weight is 281 g/mol. The Labute approximate surface area is 119 Å². The Morgan fingerprint density at radius 2 is 2.11 bits per heavy atom. The zero-order valence-corrected chi connectivity index (χ0v) is 12.7. The molecule has 2 aromatic rings. The van der Waals surface area contributed by atoms with Crippen LogP contribution in [0.2, 0.25) is 0 Å². The number of ether oxygens (including phenoxy) is 1. The number of halogens is 1. The Morgan fingerprint density at radius 1 is 1.37 bits per heavy atom. The van der Waals surface area contributed by atoms with Gasteiger partial charge in [-0.15, -0.1) is 11.6 Å². The summed E-state index contributed by atoms with van der Waals surface area (Å²) >= 11 is 6.08. The lowest BCUT2D eigenvalue weighted by atomic mass is 10.0. The fourth-order valence-corrected chi connectivity index (χ4v) is 2.69. The van der Waals surface area contributed by atoms with E-state index < -0.39 is 0 Å². The van der Waals surface area contributed by atoms with E-state index in [0.717, 1.165) is 16.9 Å². The first-order valence-electron chi connectivity index (χ1n) is 6.61. The predicted molar refractivity (Wildman–Crippen MR) is 79.8 cm³/mol. The second kappa shape index (κ2) is 5.93. The van der Waals surface area contributed by atoms with E-state index in [9.17, 15) is 0 Å². The maximum absolute atomic E-state index is 6.08. The summed E-state index contributed by atoms with van der Waals surface area (Å²) < 4.78 is 7.62. The van der Waals surface area contributed by atoms with E-state index in [0.29, 0.717) is 18.4 Å².